The third kappa shape index (κ3) is 3.77. The van der Waals surface area contributed by atoms with Crippen molar-refractivity contribution in [2.45, 2.75) is 13.1 Å². The molecule has 1 aromatic heterocycles. The summed E-state index contributed by atoms with van der Waals surface area (Å²) in [5.74, 6) is -0.274. The van der Waals surface area contributed by atoms with Crippen LogP contribution in [0.25, 0.3) is 0 Å². The summed E-state index contributed by atoms with van der Waals surface area (Å²) in [5.41, 5.74) is 1.03. The van der Waals surface area contributed by atoms with Gasteiger partial charge in [0.25, 0.3) is 0 Å². The van der Waals surface area contributed by atoms with E-state index in [4.69, 9.17) is 5.26 Å². The van der Waals surface area contributed by atoms with E-state index in [9.17, 15) is 4.39 Å². The number of hydrogen-bond donors (Lipinski definition) is 0. The molecule has 0 N–H and O–H groups in total. The summed E-state index contributed by atoms with van der Waals surface area (Å²) in [7, 11) is 0. The summed E-state index contributed by atoms with van der Waals surface area (Å²) in [6, 6.07) is 10.6. The van der Waals surface area contributed by atoms with Crippen LogP contribution in [-0.2, 0) is 13.1 Å². The normalized spacial score (nSPS) is 10.4. The lowest BCUT2D eigenvalue weighted by Gasteiger charge is -2.20. The van der Waals surface area contributed by atoms with Crippen molar-refractivity contribution in [1.29, 1.82) is 5.26 Å². The van der Waals surface area contributed by atoms with Gasteiger partial charge < -0.3 is 0 Å². The highest BCUT2D eigenvalue weighted by Gasteiger charge is 2.10. The Balaban J connectivity index is 2.15. The second-order valence-corrected chi connectivity index (χ2v) is 5.49. The predicted octanol–water partition coefficient (Wildman–Crippen LogP) is 3.95. The standard InChI is InChI=1S/C16H15FN2S/c1-2-7-19(12-15-4-3-8-20-15)11-14-9-13(10-18)5-6-16(14)17/h2-6,8-9H,1,7,11-12H2. The molecule has 102 valence electrons. The first-order chi connectivity index (χ1) is 9.72. The molecule has 4 heteroatoms. The van der Waals surface area contributed by atoms with E-state index in [-0.39, 0.29) is 5.82 Å². The van der Waals surface area contributed by atoms with Crippen LogP contribution in [0.5, 0.6) is 0 Å². The molecule has 0 bridgehead atoms. The zero-order chi connectivity index (χ0) is 14.4. The Hall–Kier alpha value is -1.96. The van der Waals surface area contributed by atoms with E-state index >= 15 is 0 Å². The molecule has 20 heavy (non-hydrogen) atoms. The molecular weight excluding hydrogens is 271 g/mol. The Morgan fingerprint density at radius 2 is 2.20 bits per heavy atom. The van der Waals surface area contributed by atoms with Crippen LogP contribution < -0.4 is 0 Å². The number of benzene rings is 1. The number of halogens is 1. The Kier molecular flexibility index (Phi) is 5.05. The molecule has 0 saturated carbocycles. The molecule has 2 rings (SSSR count). The maximum atomic E-state index is 13.8. The number of nitrogens with zero attached hydrogens (tertiary/aromatic N) is 2. The van der Waals surface area contributed by atoms with Crippen molar-refractivity contribution in [1.82, 2.24) is 4.90 Å². The van der Waals surface area contributed by atoms with Crippen LogP contribution >= 0.6 is 11.3 Å². The highest BCUT2D eigenvalue weighted by atomic mass is 32.1. The summed E-state index contributed by atoms with van der Waals surface area (Å²) >= 11 is 1.68. The molecule has 0 saturated heterocycles. The first-order valence-electron chi connectivity index (χ1n) is 6.27. The first-order valence-corrected chi connectivity index (χ1v) is 7.15. The maximum Gasteiger partial charge on any atom is 0.127 e. The largest absolute Gasteiger partial charge is 0.290 e. The smallest absolute Gasteiger partial charge is 0.127 e. The van der Waals surface area contributed by atoms with Crippen molar-refractivity contribution in [2.24, 2.45) is 0 Å². The molecule has 2 nitrogen and oxygen atoms in total. The number of hydrogen-bond acceptors (Lipinski definition) is 3. The van der Waals surface area contributed by atoms with Crippen molar-refractivity contribution in [2.75, 3.05) is 6.54 Å². The van der Waals surface area contributed by atoms with Gasteiger partial charge in [0.05, 0.1) is 11.6 Å². The second-order valence-electron chi connectivity index (χ2n) is 4.46. The number of nitriles is 1. The fourth-order valence-corrected chi connectivity index (χ4v) is 2.74. The van der Waals surface area contributed by atoms with Crippen molar-refractivity contribution in [3.05, 3.63) is 70.2 Å². The van der Waals surface area contributed by atoms with Gasteiger partial charge in [-0.15, -0.1) is 17.9 Å². The van der Waals surface area contributed by atoms with Gasteiger partial charge in [-0.25, -0.2) is 4.39 Å². The maximum absolute atomic E-state index is 13.8. The molecule has 0 amide bonds. The molecule has 0 atom stereocenters. The van der Waals surface area contributed by atoms with E-state index in [1.54, 1.807) is 23.5 Å². The van der Waals surface area contributed by atoms with Gasteiger partial charge in [-0.3, -0.25) is 4.90 Å². The van der Waals surface area contributed by atoms with Gasteiger partial charge in [-0.1, -0.05) is 12.1 Å². The van der Waals surface area contributed by atoms with Crippen LogP contribution in [0.2, 0.25) is 0 Å². The second kappa shape index (κ2) is 6.99. The van der Waals surface area contributed by atoms with Crippen molar-refractivity contribution in [3.8, 4) is 6.07 Å². The third-order valence-electron chi connectivity index (χ3n) is 2.92. The average molecular weight is 286 g/mol. The van der Waals surface area contributed by atoms with Crippen LogP contribution in [0.1, 0.15) is 16.0 Å². The molecule has 0 fully saturated rings. The zero-order valence-electron chi connectivity index (χ0n) is 11.1. The fraction of sp³-hybridized carbons (Fsp3) is 0.188. The molecule has 0 aliphatic heterocycles. The first kappa shape index (κ1) is 14.4. The van der Waals surface area contributed by atoms with E-state index in [1.165, 1.54) is 17.0 Å². The average Bonchev–Trinajstić information content (AvgIpc) is 2.94. The van der Waals surface area contributed by atoms with Crippen molar-refractivity contribution >= 4 is 11.3 Å². The van der Waals surface area contributed by atoms with Gasteiger partial charge in [0, 0.05) is 30.1 Å². The van der Waals surface area contributed by atoms with E-state index in [1.807, 2.05) is 17.5 Å². The summed E-state index contributed by atoms with van der Waals surface area (Å²) < 4.78 is 13.8. The van der Waals surface area contributed by atoms with Gasteiger partial charge in [0.2, 0.25) is 0 Å². The third-order valence-corrected chi connectivity index (χ3v) is 3.78. The lowest BCUT2D eigenvalue weighted by Crippen LogP contribution is -2.23. The van der Waals surface area contributed by atoms with Crippen molar-refractivity contribution in [3.63, 3.8) is 0 Å². The van der Waals surface area contributed by atoms with Crippen LogP contribution in [0.15, 0.2) is 48.4 Å². The molecule has 0 radical (unpaired) electrons. The number of thiophene rings is 1. The Labute approximate surface area is 122 Å². The van der Waals surface area contributed by atoms with E-state index in [0.29, 0.717) is 24.2 Å². The Morgan fingerprint density at radius 1 is 1.35 bits per heavy atom. The van der Waals surface area contributed by atoms with Gasteiger partial charge in [-0.2, -0.15) is 5.26 Å². The minimum atomic E-state index is -0.274. The van der Waals surface area contributed by atoms with Crippen LogP contribution in [0, 0.1) is 17.1 Å². The molecule has 0 aliphatic carbocycles. The highest BCUT2D eigenvalue weighted by molar-refractivity contribution is 7.09. The van der Waals surface area contributed by atoms with Crippen LogP contribution in [-0.4, -0.2) is 11.4 Å². The topological polar surface area (TPSA) is 27.0 Å². The van der Waals surface area contributed by atoms with Crippen LogP contribution in [0.3, 0.4) is 0 Å². The number of rotatable bonds is 6. The lowest BCUT2D eigenvalue weighted by atomic mass is 10.1. The SMILES string of the molecule is C=CCN(Cc1cccs1)Cc1cc(C#N)ccc1F. The fourth-order valence-electron chi connectivity index (χ4n) is 2.00. The van der Waals surface area contributed by atoms with Gasteiger partial charge in [0.15, 0.2) is 0 Å². The zero-order valence-corrected chi connectivity index (χ0v) is 11.9. The quantitative estimate of drug-likeness (QED) is 0.752. The van der Waals surface area contributed by atoms with Gasteiger partial charge >= 0.3 is 0 Å². The van der Waals surface area contributed by atoms with Crippen LogP contribution in [0.4, 0.5) is 4.39 Å². The summed E-state index contributed by atoms with van der Waals surface area (Å²) in [5, 5.41) is 10.9. The summed E-state index contributed by atoms with van der Waals surface area (Å²) in [4.78, 5) is 3.32. The molecule has 1 heterocycles. The molecule has 0 spiro atoms. The van der Waals surface area contributed by atoms with E-state index in [2.05, 4.69) is 17.5 Å². The Bertz CT molecular complexity index is 614. The van der Waals surface area contributed by atoms with Gasteiger partial charge in [0.1, 0.15) is 5.82 Å². The van der Waals surface area contributed by atoms with Crippen molar-refractivity contribution < 1.29 is 4.39 Å². The summed E-state index contributed by atoms with van der Waals surface area (Å²) in [6.07, 6.45) is 1.81. The van der Waals surface area contributed by atoms with E-state index < -0.39 is 0 Å². The monoisotopic (exact) mass is 286 g/mol. The summed E-state index contributed by atoms with van der Waals surface area (Å²) in [6.45, 7) is 5.63. The highest BCUT2D eigenvalue weighted by Crippen LogP contribution is 2.17. The molecule has 1 aromatic carbocycles. The van der Waals surface area contributed by atoms with Gasteiger partial charge in [-0.05, 0) is 29.6 Å². The molecule has 2 aromatic rings. The molecule has 0 unspecified atom stereocenters. The minimum absolute atomic E-state index is 0.274. The Morgan fingerprint density at radius 3 is 2.85 bits per heavy atom. The molecule has 0 aliphatic rings. The van der Waals surface area contributed by atoms with E-state index in [0.717, 1.165) is 6.54 Å². The predicted molar refractivity (Wildman–Crippen MR) is 79.7 cm³/mol. The minimum Gasteiger partial charge on any atom is -0.290 e. The lowest BCUT2D eigenvalue weighted by molar-refractivity contribution is 0.284. The molecular formula is C16H15FN2S.